The van der Waals surface area contributed by atoms with Crippen LogP contribution in [-0.2, 0) is 6.42 Å². The average Bonchev–Trinajstić information content (AvgIpc) is 2.61. The maximum absolute atomic E-state index is 11.8. The lowest BCUT2D eigenvalue weighted by Gasteiger charge is -2.05. The van der Waals surface area contributed by atoms with Crippen molar-refractivity contribution in [3.05, 3.63) is 36.0 Å². The van der Waals surface area contributed by atoms with Gasteiger partial charge in [-0.25, -0.2) is 19.9 Å². The molecule has 5 heteroatoms. The fourth-order valence-corrected chi connectivity index (χ4v) is 2.10. The Morgan fingerprint density at radius 2 is 2.00 bits per heavy atom. The molecule has 0 spiro atoms. The number of carbonyl (C=O) groups excluding carboxylic acids is 1. The van der Waals surface area contributed by atoms with Crippen LogP contribution in [0, 0.1) is 0 Å². The summed E-state index contributed by atoms with van der Waals surface area (Å²) in [6, 6.07) is 1.76. The van der Waals surface area contributed by atoms with Crippen LogP contribution in [0.25, 0.3) is 11.5 Å². The standard InChI is InChI=1S/C13H12N4O/c18-12-4-2-1-3-10-9(12)7-15-13(17-10)11-5-6-14-8-16-11/h5-8H,1-4H2. The third-order valence-electron chi connectivity index (χ3n) is 3.05. The van der Waals surface area contributed by atoms with E-state index >= 15 is 0 Å². The van der Waals surface area contributed by atoms with E-state index in [4.69, 9.17) is 0 Å². The molecular formula is C13H12N4O. The van der Waals surface area contributed by atoms with Gasteiger partial charge in [0.05, 0.1) is 11.3 Å². The summed E-state index contributed by atoms with van der Waals surface area (Å²) in [5.41, 5.74) is 2.20. The number of Topliss-reactive ketones (excluding diaryl/α,β-unsaturated/α-hetero) is 1. The summed E-state index contributed by atoms with van der Waals surface area (Å²) in [5.74, 6) is 0.711. The van der Waals surface area contributed by atoms with Gasteiger partial charge in [0.2, 0.25) is 0 Å². The fraction of sp³-hybridized carbons (Fsp3) is 0.308. The summed E-state index contributed by atoms with van der Waals surface area (Å²) in [4.78, 5) is 28.5. The van der Waals surface area contributed by atoms with Crippen LogP contribution < -0.4 is 0 Å². The Labute approximate surface area is 104 Å². The van der Waals surface area contributed by atoms with Gasteiger partial charge in [-0.3, -0.25) is 4.79 Å². The first kappa shape index (κ1) is 11.0. The Morgan fingerprint density at radius 1 is 1.11 bits per heavy atom. The Bertz CT molecular complexity index is 583. The van der Waals surface area contributed by atoms with Gasteiger partial charge in [-0.2, -0.15) is 0 Å². The number of hydrogen-bond donors (Lipinski definition) is 0. The van der Waals surface area contributed by atoms with Gasteiger partial charge >= 0.3 is 0 Å². The minimum atomic E-state index is 0.150. The largest absolute Gasteiger partial charge is 0.294 e. The summed E-state index contributed by atoms with van der Waals surface area (Å²) in [5, 5.41) is 0. The van der Waals surface area contributed by atoms with Gasteiger partial charge in [0, 0.05) is 18.8 Å². The molecule has 90 valence electrons. The average molecular weight is 240 g/mol. The zero-order valence-electron chi connectivity index (χ0n) is 9.83. The second-order valence-electron chi connectivity index (χ2n) is 4.28. The molecule has 0 saturated heterocycles. The lowest BCUT2D eigenvalue weighted by atomic mass is 10.1. The summed E-state index contributed by atoms with van der Waals surface area (Å²) < 4.78 is 0. The van der Waals surface area contributed by atoms with Crippen LogP contribution >= 0.6 is 0 Å². The third kappa shape index (κ3) is 1.99. The molecule has 0 atom stereocenters. The molecule has 0 radical (unpaired) electrons. The van der Waals surface area contributed by atoms with Gasteiger partial charge < -0.3 is 0 Å². The van der Waals surface area contributed by atoms with E-state index in [9.17, 15) is 4.79 Å². The molecule has 0 N–H and O–H groups in total. The van der Waals surface area contributed by atoms with Crippen LogP contribution in [0.3, 0.4) is 0 Å². The van der Waals surface area contributed by atoms with Crippen molar-refractivity contribution in [2.24, 2.45) is 0 Å². The van der Waals surface area contributed by atoms with Crippen LogP contribution in [0.1, 0.15) is 35.3 Å². The lowest BCUT2D eigenvalue weighted by Crippen LogP contribution is -2.05. The third-order valence-corrected chi connectivity index (χ3v) is 3.05. The number of nitrogens with zero attached hydrogens (tertiary/aromatic N) is 4. The van der Waals surface area contributed by atoms with Crippen molar-refractivity contribution in [1.29, 1.82) is 0 Å². The fourth-order valence-electron chi connectivity index (χ4n) is 2.10. The van der Waals surface area contributed by atoms with Gasteiger partial charge in [-0.1, -0.05) is 0 Å². The molecule has 0 fully saturated rings. The topological polar surface area (TPSA) is 68.6 Å². The number of ketones is 1. The van der Waals surface area contributed by atoms with Gasteiger partial charge in [0.15, 0.2) is 11.6 Å². The van der Waals surface area contributed by atoms with Gasteiger partial charge in [0.1, 0.15) is 12.0 Å². The van der Waals surface area contributed by atoms with E-state index < -0.39 is 0 Å². The van der Waals surface area contributed by atoms with E-state index in [0.29, 0.717) is 23.5 Å². The summed E-state index contributed by atoms with van der Waals surface area (Å²) in [6.45, 7) is 0. The predicted molar refractivity (Wildman–Crippen MR) is 64.9 cm³/mol. The van der Waals surface area contributed by atoms with E-state index in [-0.39, 0.29) is 5.78 Å². The zero-order chi connectivity index (χ0) is 12.4. The number of fused-ring (bicyclic) bond motifs is 1. The summed E-state index contributed by atoms with van der Waals surface area (Å²) >= 11 is 0. The molecule has 2 aromatic heterocycles. The van der Waals surface area contributed by atoms with Gasteiger partial charge in [-0.05, 0) is 25.3 Å². The van der Waals surface area contributed by atoms with E-state index in [1.54, 1.807) is 18.5 Å². The predicted octanol–water partition coefficient (Wildman–Crippen LogP) is 1.84. The number of rotatable bonds is 1. The molecule has 2 heterocycles. The first-order valence-electron chi connectivity index (χ1n) is 6.00. The smallest absolute Gasteiger partial charge is 0.178 e. The minimum Gasteiger partial charge on any atom is -0.294 e. The molecular weight excluding hydrogens is 228 g/mol. The number of aryl methyl sites for hydroxylation is 1. The molecule has 1 aliphatic rings. The molecule has 0 bridgehead atoms. The number of aromatic nitrogens is 4. The number of carbonyl (C=O) groups is 1. The van der Waals surface area contributed by atoms with Crippen LogP contribution in [0.4, 0.5) is 0 Å². The zero-order valence-corrected chi connectivity index (χ0v) is 9.83. The van der Waals surface area contributed by atoms with Crippen LogP contribution in [0.15, 0.2) is 24.8 Å². The summed E-state index contributed by atoms with van der Waals surface area (Å²) in [7, 11) is 0. The molecule has 5 nitrogen and oxygen atoms in total. The molecule has 0 unspecified atom stereocenters. The second-order valence-corrected chi connectivity index (χ2v) is 4.28. The Kier molecular flexibility index (Phi) is 2.80. The van der Waals surface area contributed by atoms with E-state index in [1.165, 1.54) is 6.33 Å². The maximum Gasteiger partial charge on any atom is 0.178 e. The molecule has 1 aliphatic carbocycles. The highest BCUT2D eigenvalue weighted by Gasteiger charge is 2.18. The monoisotopic (exact) mass is 240 g/mol. The van der Waals surface area contributed by atoms with E-state index in [1.807, 2.05) is 0 Å². The Balaban J connectivity index is 2.06. The van der Waals surface area contributed by atoms with Crippen molar-refractivity contribution in [3.8, 4) is 11.5 Å². The molecule has 3 rings (SSSR count). The minimum absolute atomic E-state index is 0.150. The highest BCUT2D eigenvalue weighted by atomic mass is 16.1. The number of hydrogen-bond acceptors (Lipinski definition) is 5. The first-order chi connectivity index (χ1) is 8.84. The Hall–Kier alpha value is -2.17. The molecule has 0 aromatic carbocycles. The molecule has 2 aromatic rings. The maximum atomic E-state index is 11.8. The van der Waals surface area contributed by atoms with E-state index in [0.717, 1.165) is 25.0 Å². The molecule has 0 saturated carbocycles. The molecule has 0 amide bonds. The van der Waals surface area contributed by atoms with Crippen molar-refractivity contribution >= 4 is 5.78 Å². The summed E-state index contributed by atoms with van der Waals surface area (Å²) in [6.07, 6.45) is 8.12. The van der Waals surface area contributed by atoms with Crippen molar-refractivity contribution in [3.63, 3.8) is 0 Å². The van der Waals surface area contributed by atoms with Gasteiger partial charge in [-0.15, -0.1) is 0 Å². The molecule has 18 heavy (non-hydrogen) atoms. The second kappa shape index (κ2) is 4.60. The lowest BCUT2D eigenvalue weighted by molar-refractivity contribution is 0.0981. The van der Waals surface area contributed by atoms with Crippen molar-refractivity contribution < 1.29 is 4.79 Å². The van der Waals surface area contributed by atoms with Crippen LogP contribution in [-0.4, -0.2) is 25.7 Å². The van der Waals surface area contributed by atoms with Gasteiger partial charge in [0.25, 0.3) is 0 Å². The van der Waals surface area contributed by atoms with Crippen molar-refractivity contribution in [2.75, 3.05) is 0 Å². The molecule has 0 aliphatic heterocycles. The highest BCUT2D eigenvalue weighted by molar-refractivity contribution is 5.97. The van der Waals surface area contributed by atoms with Crippen molar-refractivity contribution in [1.82, 2.24) is 19.9 Å². The van der Waals surface area contributed by atoms with Crippen molar-refractivity contribution in [2.45, 2.75) is 25.7 Å². The first-order valence-corrected chi connectivity index (χ1v) is 6.00. The quantitative estimate of drug-likeness (QED) is 0.711. The van der Waals surface area contributed by atoms with E-state index in [2.05, 4.69) is 19.9 Å². The SMILES string of the molecule is O=C1CCCCc2nc(-c3ccncn3)ncc21. The highest BCUT2D eigenvalue weighted by Crippen LogP contribution is 2.20. The van der Waals surface area contributed by atoms with Crippen LogP contribution in [0.2, 0.25) is 0 Å². The normalized spacial score (nSPS) is 15.0. The van der Waals surface area contributed by atoms with Crippen LogP contribution in [0.5, 0.6) is 0 Å². The Morgan fingerprint density at radius 3 is 2.83 bits per heavy atom.